The van der Waals surface area contributed by atoms with E-state index in [1.54, 1.807) is 25.4 Å². The third kappa shape index (κ3) is 3.37. The summed E-state index contributed by atoms with van der Waals surface area (Å²) in [4.78, 5) is 30.2. The minimum absolute atomic E-state index is 0.196. The van der Waals surface area contributed by atoms with Crippen molar-refractivity contribution in [2.24, 2.45) is 0 Å². The Labute approximate surface area is 132 Å². The molecule has 6 nitrogen and oxygen atoms in total. The molecule has 23 heavy (non-hydrogen) atoms. The molecule has 3 rings (SSSR count). The first kappa shape index (κ1) is 14.8. The summed E-state index contributed by atoms with van der Waals surface area (Å²) in [5.74, 6) is 0.479. The molecule has 0 saturated heterocycles. The predicted octanol–water partition coefficient (Wildman–Crippen LogP) is 1.86. The van der Waals surface area contributed by atoms with Crippen molar-refractivity contribution in [2.75, 3.05) is 7.11 Å². The molecule has 0 aliphatic rings. The Morgan fingerprint density at radius 2 is 2.13 bits per heavy atom. The van der Waals surface area contributed by atoms with Crippen LogP contribution in [0.2, 0.25) is 0 Å². The van der Waals surface area contributed by atoms with Crippen molar-refractivity contribution in [3.05, 3.63) is 70.3 Å². The fourth-order valence-electron chi connectivity index (χ4n) is 2.24. The zero-order valence-corrected chi connectivity index (χ0v) is 12.5. The van der Waals surface area contributed by atoms with E-state index in [4.69, 9.17) is 4.74 Å². The van der Waals surface area contributed by atoms with E-state index in [2.05, 4.69) is 15.3 Å². The van der Waals surface area contributed by atoms with Crippen LogP contribution in [0.1, 0.15) is 15.9 Å². The number of nitrogens with one attached hydrogen (secondary N) is 2. The quantitative estimate of drug-likeness (QED) is 0.770. The molecule has 0 aliphatic carbocycles. The van der Waals surface area contributed by atoms with Crippen molar-refractivity contribution >= 4 is 16.8 Å². The highest BCUT2D eigenvalue weighted by atomic mass is 16.5. The molecule has 2 heterocycles. The largest absolute Gasteiger partial charge is 0.497 e. The number of hydrogen-bond acceptors (Lipinski definition) is 4. The second-order valence-electron chi connectivity index (χ2n) is 5.03. The molecule has 2 aromatic heterocycles. The van der Waals surface area contributed by atoms with Crippen LogP contribution in [0.5, 0.6) is 5.75 Å². The minimum atomic E-state index is -0.240. The maximum Gasteiger partial charge on any atom is 0.253 e. The summed E-state index contributed by atoms with van der Waals surface area (Å²) < 4.78 is 5.15. The Kier molecular flexibility index (Phi) is 4.05. The molecule has 1 aromatic carbocycles. The number of carbonyl (C=O) groups excluding carboxylic acids is 1. The number of amides is 1. The van der Waals surface area contributed by atoms with E-state index in [0.29, 0.717) is 5.56 Å². The summed E-state index contributed by atoms with van der Waals surface area (Å²) in [6.07, 6.45) is 3.07. The Morgan fingerprint density at radius 1 is 1.26 bits per heavy atom. The van der Waals surface area contributed by atoms with Crippen LogP contribution in [0.15, 0.2) is 53.6 Å². The van der Waals surface area contributed by atoms with Crippen molar-refractivity contribution in [1.29, 1.82) is 0 Å². The van der Waals surface area contributed by atoms with Gasteiger partial charge in [0.25, 0.3) is 5.91 Å². The van der Waals surface area contributed by atoms with E-state index in [9.17, 15) is 9.59 Å². The summed E-state index contributed by atoms with van der Waals surface area (Å²) in [6.45, 7) is 0.281. The van der Waals surface area contributed by atoms with Gasteiger partial charge in [-0.05, 0) is 29.8 Å². The molecule has 0 aliphatic heterocycles. The fourth-order valence-corrected chi connectivity index (χ4v) is 2.24. The number of carbonyl (C=O) groups is 1. The van der Waals surface area contributed by atoms with Gasteiger partial charge >= 0.3 is 0 Å². The van der Waals surface area contributed by atoms with Gasteiger partial charge in [-0.25, -0.2) is 0 Å². The molecule has 2 N–H and O–H groups in total. The lowest BCUT2D eigenvalue weighted by molar-refractivity contribution is 0.0950. The van der Waals surface area contributed by atoms with Gasteiger partial charge in [0.2, 0.25) is 5.56 Å². The highest BCUT2D eigenvalue weighted by molar-refractivity contribution is 5.97. The Balaban J connectivity index is 1.76. The van der Waals surface area contributed by atoms with Crippen LogP contribution in [-0.4, -0.2) is 23.0 Å². The third-order valence-corrected chi connectivity index (χ3v) is 3.45. The number of rotatable bonds is 4. The summed E-state index contributed by atoms with van der Waals surface area (Å²) >= 11 is 0. The zero-order valence-electron chi connectivity index (χ0n) is 12.5. The van der Waals surface area contributed by atoms with Crippen LogP contribution >= 0.6 is 0 Å². The summed E-state index contributed by atoms with van der Waals surface area (Å²) in [5.41, 5.74) is 1.77. The van der Waals surface area contributed by atoms with Gasteiger partial charge < -0.3 is 15.0 Å². The van der Waals surface area contributed by atoms with Crippen molar-refractivity contribution in [3.8, 4) is 5.75 Å². The maximum atomic E-state index is 12.2. The van der Waals surface area contributed by atoms with Crippen LogP contribution in [0, 0.1) is 0 Å². The molecular formula is C17H15N3O3. The summed E-state index contributed by atoms with van der Waals surface area (Å²) in [5, 5.41) is 3.63. The highest BCUT2D eigenvalue weighted by Gasteiger charge is 2.08. The lowest BCUT2D eigenvalue weighted by atomic mass is 10.1. The maximum absolute atomic E-state index is 12.2. The number of aromatic nitrogens is 2. The molecule has 1 amide bonds. The number of hydrogen-bond donors (Lipinski definition) is 2. The van der Waals surface area contributed by atoms with E-state index in [-0.39, 0.29) is 18.0 Å². The Morgan fingerprint density at radius 3 is 2.91 bits per heavy atom. The topological polar surface area (TPSA) is 84.1 Å². The van der Waals surface area contributed by atoms with Crippen LogP contribution < -0.4 is 15.6 Å². The van der Waals surface area contributed by atoms with Crippen molar-refractivity contribution in [3.63, 3.8) is 0 Å². The number of benzene rings is 1. The van der Waals surface area contributed by atoms with Gasteiger partial charge in [-0.1, -0.05) is 0 Å². The average molecular weight is 309 g/mol. The van der Waals surface area contributed by atoms with E-state index in [0.717, 1.165) is 22.2 Å². The van der Waals surface area contributed by atoms with Crippen LogP contribution in [0.4, 0.5) is 0 Å². The van der Waals surface area contributed by atoms with Crippen LogP contribution in [0.25, 0.3) is 10.9 Å². The fraction of sp³-hybridized carbons (Fsp3) is 0.118. The van der Waals surface area contributed by atoms with Gasteiger partial charge in [0.1, 0.15) is 5.75 Å². The normalized spacial score (nSPS) is 10.5. The van der Waals surface area contributed by atoms with Gasteiger partial charge in [-0.2, -0.15) is 0 Å². The minimum Gasteiger partial charge on any atom is -0.497 e. The van der Waals surface area contributed by atoms with E-state index in [1.807, 2.05) is 18.2 Å². The number of ether oxygens (including phenoxy) is 1. The predicted molar refractivity (Wildman–Crippen MR) is 86.5 cm³/mol. The lowest BCUT2D eigenvalue weighted by Gasteiger charge is -2.07. The Bertz CT molecular complexity index is 918. The van der Waals surface area contributed by atoms with E-state index >= 15 is 0 Å². The first-order valence-corrected chi connectivity index (χ1v) is 7.05. The second kappa shape index (κ2) is 6.31. The van der Waals surface area contributed by atoms with Gasteiger partial charge in [0.05, 0.1) is 18.2 Å². The van der Waals surface area contributed by atoms with Crippen molar-refractivity contribution in [2.45, 2.75) is 6.54 Å². The highest BCUT2D eigenvalue weighted by Crippen LogP contribution is 2.19. The van der Waals surface area contributed by atoms with E-state index in [1.165, 1.54) is 12.3 Å². The second-order valence-corrected chi connectivity index (χ2v) is 5.03. The van der Waals surface area contributed by atoms with Crippen LogP contribution in [-0.2, 0) is 6.54 Å². The lowest BCUT2D eigenvalue weighted by Crippen LogP contribution is -2.23. The molecule has 0 unspecified atom stereocenters. The molecule has 0 bridgehead atoms. The number of pyridine rings is 2. The first-order valence-electron chi connectivity index (χ1n) is 7.05. The molecule has 0 fully saturated rings. The number of nitrogens with zero attached hydrogens (tertiary/aromatic N) is 1. The standard InChI is InChI=1S/C17H15N3O3/c1-23-14-3-2-12-7-13(10-19-15(12)8-14)17(22)20-9-11-4-5-18-16(21)6-11/h2-8,10H,9H2,1H3,(H,18,21)(H,20,22). The number of methoxy groups -OCH3 is 1. The van der Waals surface area contributed by atoms with Crippen molar-refractivity contribution in [1.82, 2.24) is 15.3 Å². The molecule has 0 radical (unpaired) electrons. The molecule has 116 valence electrons. The van der Waals surface area contributed by atoms with Gasteiger partial charge in [-0.3, -0.25) is 14.6 Å². The van der Waals surface area contributed by atoms with E-state index < -0.39 is 0 Å². The number of aromatic amines is 1. The monoisotopic (exact) mass is 309 g/mol. The SMILES string of the molecule is COc1ccc2cc(C(=O)NCc3cc[nH]c(=O)c3)cnc2c1. The average Bonchev–Trinajstić information content (AvgIpc) is 2.58. The molecule has 3 aromatic rings. The van der Waals surface area contributed by atoms with Crippen LogP contribution in [0.3, 0.4) is 0 Å². The molecule has 6 heteroatoms. The first-order chi connectivity index (χ1) is 11.2. The number of fused-ring (bicyclic) bond motifs is 1. The smallest absolute Gasteiger partial charge is 0.253 e. The van der Waals surface area contributed by atoms with Gasteiger partial charge in [0, 0.05) is 36.5 Å². The molecular weight excluding hydrogens is 294 g/mol. The molecule has 0 saturated carbocycles. The Hall–Kier alpha value is -3.15. The molecule has 0 spiro atoms. The summed E-state index contributed by atoms with van der Waals surface area (Å²) in [7, 11) is 1.59. The van der Waals surface area contributed by atoms with Gasteiger partial charge in [-0.15, -0.1) is 0 Å². The molecule has 0 atom stereocenters. The third-order valence-electron chi connectivity index (χ3n) is 3.45. The van der Waals surface area contributed by atoms with Crippen molar-refractivity contribution < 1.29 is 9.53 Å². The summed E-state index contributed by atoms with van der Waals surface area (Å²) in [6, 6.07) is 10.5. The zero-order chi connectivity index (χ0) is 16.2. The number of H-pyrrole nitrogens is 1. The van der Waals surface area contributed by atoms with Gasteiger partial charge in [0.15, 0.2) is 0 Å².